The number of hydrogen-bond donors (Lipinski definition) is 1. The first-order valence-electron chi connectivity index (χ1n) is 5.73. The van der Waals surface area contributed by atoms with E-state index in [1.807, 2.05) is 0 Å². The van der Waals surface area contributed by atoms with Gasteiger partial charge in [0.1, 0.15) is 17.2 Å². The fourth-order valence-corrected chi connectivity index (χ4v) is 2.15. The summed E-state index contributed by atoms with van der Waals surface area (Å²) < 4.78 is 29.0. The van der Waals surface area contributed by atoms with Crippen molar-refractivity contribution in [3.63, 3.8) is 0 Å². The molecule has 0 radical (unpaired) electrons. The number of nitrogens with two attached hydrogens (primary N) is 1. The lowest BCUT2D eigenvalue weighted by molar-refractivity contribution is 0.586. The van der Waals surface area contributed by atoms with Crippen LogP contribution in [-0.2, 0) is 0 Å². The van der Waals surface area contributed by atoms with Crippen LogP contribution in [0.1, 0.15) is 5.56 Å². The van der Waals surface area contributed by atoms with Crippen molar-refractivity contribution in [2.45, 2.75) is 6.92 Å². The summed E-state index contributed by atoms with van der Waals surface area (Å²) in [7, 11) is 0. The lowest BCUT2D eigenvalue weighted by Crippen LogP contribution is -2.05. The van der Waals surface area contributed by atoms with E-state index < -0.39 is 11.6 Å². The number of fused-ring (bicyclic) bond motifs is 1. The first kappa shape index (κ1) is 12.8. The molecule has 7 heteroatoms. The quantitative estimate of drug-likeness (QED) is 0.749. The van der Waals surface area contributed by atoms with Crippen LogP contribution in [0.5, 0.6) is 0 Å². The standard InChI is InChI=1S/C13H9ClF2N4/c1-6-2-9(16)11(4-8(6)15)20-12-10(19-13(20)17)3-7(14)5-18-12/h2-5H,1H3,(H2,17,19). The largest absolute Gasteiger partial charge is 0.369 e. The maximum absolute atomic E-state index is 14.1. The Morgan fingerprint density at radius 1 is 1.20 bits per heavy atom. The van der Waals surface area contributed by atoms with Gasteiger partial charge in [-0.15, -0.1) is 0 Å². The summed E-state index contributed by atoms with van der Waals surface area (Å²) in [5.41, 5.74) is 6.67. The molecule has 102 valence electrons. The van der Waals surface area contributed by atoms with Crippen molar-refractivity contribution in [1.29, 1.82) is 0 Å². The highest BCUT2D eigenvalue weighted by Crippen LogP contribution is 2.26. The van der Waals surface area contributed by atoms with Gasteiger partial charge in [0.2, 0.25) is 5.95 Å². The minimum atomic E-state index is -0.605. The number of pyridine rings is 1. The first-order valence-corrected chi connectivity index (χ1v) is 6.10. The molecular formula is C13H9ClF2N4. The third-order valence-corrected chi connectivity index (χ3v) is 3.17. The van der Waals surface area contributed by atoms with E-state index in [-0.39, 0.29) is 17.2 Å². The molecule has 2 N–H and O–H groups in total. The van der Waals surface area contributed by atoms with Crippen molar-refractivity contribution < 1.29 is 8.78 Å². The molecule has 4 nitrogen and oxygen atoms in total. The zero-order valence-corrected chi connectivity index (χ0v) is 11.1. The average Bonchev–Trinajstić information content (AvgIpc) is 2.69. The summed E-state index contributed by atoms with van der Waals surface area (Å²) in [6, 6.07) is 3.73. The number of hydrogen-bond acceptors (Lipinski definition) is 3. The smallest absolute Gasteiger partial charge is 0.207 e. The van der Waals surface area contributed by atoms with Crippen LogP contribution in [0.15, 0.2) is 24.4 Å². The molecule has 3 aromatic rings. The third kappa shape index (κ3) is 1.89. The first-order chi connectivity index (χ1) is 9.47. The molecule has 0 bridgehead atoms. The van der Waals surface area contributed by atoms with Gasteiger partial charge in [0.05, 0.1) is 10.7 Å². The Morgan fingerprint density at radius 3 is 2.70 bits per heavy atom. The van der Waals surface area contributed by atoms with Gasteiger partial charge in [0.15, 0.2) is 5.65 Å². The highest BCUT2D eigenvalue weighted by molar-refractivity contribution is 6.31. The van der Waals surface area contributed by atoms with Crippen LogP contribution in [-0.4, -0.2) is 14.5 Å². The van der Waals surface area contributed by atoms with Crippen LogP contribution >= 0.6 is 11.6 Å². The molecule has 0 aliphatic rings. The van der Waals surface area contributed by atoms with E-state index >= 15 is 0 Å². The Balaban J connectivity index is 2.35. The van der Waals surface area contributed by atoms with E-state index in [1.54, 1.807) is 6.07 Å². The van der Waals surface area contributed by atoms with E-state index in [4.69, 9.17) is 17.3 Å². The van der Waals surface area contributed by atoms with E-state index in [1.165, 1.54) is 17.7 Å². The van der Waals surface area contributed by atoms with E-state index in [2.05, 4.69) is 9.97 Å². The van der Waals surface area contributed by atoms with Crippen molar-refractivity contribution >= 4 is 28.7 Å². The molecule has 0 amide bonds. The molecule has 0 saturated carbocycles. The van der Waals surface area contributed by atoms with Crippen molar-refractivity contribution in [3.8, 4) is 5.69 Å². The van der Waals surface area contributed by atoms with Crippen LogP contribution in [0, 0.1) is 18.6 Å². The molecule has 1 aromatic carbocycles. The summed E-state index contributed by atoms with van der Waals surface area (Å²) in [6.07, 6.45) is 1.39. The zero-order valence-electron chi connectivity index (χ0n) is 10.4. The lowest BCUT2D eigenvalue weighted by atomic mass is 10.2. The predicted molar refractivity (Wildman–Crippen MR) is 72.9 cm³/mol. The second kappa shape index (κ2) is 4.42. The molecule has 2 aromatic heterocycles. The van der Waals surface area contributed by atoms with Crippen molar-refractivity contribution in [2.75, 3.05) is 5.73 Å². The van der Waals surface area contributed by atoms with Crippen LogP contribution in [0.25, 0.3) is 16.9 Å². The minimum absolute atomic E-state index is 0.0110. The summed E-state index contributed by atoms with van der Waals surface area (Å²) >= 11 is 5.82. The van der Waals surface area contributed by atoms with Crippen LogP contribution < -0.4 is 5.73 Å². The lowest BCUT2D eigenvalue weighted by Gasteiger charge is -2.08. The van der Waals surface area contributed by atoms with Crippen LogP contribution in [0.4, 0.5) is 14.7 Å². The van der Waals surface area contributed by atoms with Crippen molar-refractivity contribution in [1.82, 2.24) is 14.5 Å². The number of aromatic nitrogens is 3. The van der Waals surface area contributed by atoms with Gasteiger partial charge >= 0.3 is 0 Å². The van der Waals surface area contributed by atoms with Gasteiger partial charge in [-0.1, -0.05) is 11.6 Å². The SMILES string of the molecule is Cc1cc(F)c(-n2c(N)nc3cc(Cl)cnc32)cc1F. The van der Waals surface area contributed by atoms with Gasteiger partial charge in [-0.3, -0.25) is 4.57 Å². The molecule has 20 heavy (non-hydrogen) atoms. The molecule has 0 aliphatic carbocycles. The summed E-state index contributed by atoms with van der Waals surface area (Å²) in [6.45, 7) is 1.48. The Morgan fingerprint density at radius 2 is 1.95 bits per heavy atom. The maximum Gasteiger partial charge on any atom is 0.207 e. The van der Waals surface area contributed by atoms with Crippen LogP contribution in [0.3, 0.4) is 0 Å². The number of aryl methyl sites for hydroxylation is 1. The minimum Gasteiger partial charge on any atom is -0.369 e. The topological polar surface area (TPSA) is 56.7 Å². The van der Waals surface area contributed by atoms with Crippen LogP contribution in [0.2, 0.25) is 5.02 Å². The van der Waals surface area contributed by atoms with Crippen molar-refractivity contribution in [2.24, 2.45) is 0 Å². The monoisotopic (exact) mass is 294 g/mol. The van der Waals surface area contributed by atoms with Gasteiger partial charge in [-0.25, -0.2) is 18.7 Å². The molecule has 0 spiro atoms. The number of imidazole rings is 1. The fraction of sp³-hybridized carbons (Fsp3) is 0.0769. The number of anilines is 1. The normalized spacial score (nSPS) is 11.2. The fourth-order valence-electron chi connectivity index (χ4n) is 2.00. The van der Waals surface area contributed by atoms with Gasteiger partial charge in [-0.05, 0) is 24.6 Å². The maximum atomic E-state index is 14.1. The number of halogens is 3. The van der Waals surface area contributed by atoms with Gasteiger partial charge in [-0.2, -0.15) is 0 Å². The van der Waals surface area contributed by atoms with E-state index in [9.17, 15) is 8.78 Å². The Labute approximate surface area is 117 Å². The molecule has 0 saturated heterocycles. The molecule has 0 fully saturated rings. The summed E-state index contributed by atoms with van der Waals surface area (Å²) in [4.78, 5) is 8.12. The number of rotatable bonds is 1. The average molecular weight is 295 g/mol. The zero-order chi connectivity index (χ0) is 14.4. The van der Waals surface area contributed by atoms with E-state index in [0.717, 1.165) is 12.1 Å². The molecule has 0 aliphatic heterocycles. The van der Waals surface area contributed by atoms with Gasteiger partial charge < -0.3 is 5.73 Å². The molecular weight excluding hydrogens is 286 g/mol. The van der Waals surface area contributed by atoms with Crippen molar-refractivity contribution in [3.05, 3.63) is 46.6 Å². The van der Waals surface area contributed by atoms with E-state index in [0.29, 0.717) is 16.2 Å². The predicted octanol–water partition coefficient (Wildman–Crippen LogP) is 3.24. The Kier molecular flexibility index (Phi) is 2.83. The number of benzene rings is 1. The third-order valence-electron chi connectivity index (χ3n) is 2.96. The highest BCUT2D eigenvalue weighted by Gasteiger charge is 2.16. The summed E-state index contributed by atoms with van der Waals surface area (Å²) in [5.74, 6) is -1.12. The second-order valence-corrected chi connectivity index (χ2v) is 4.79. The Hall–Kier alpha value is -2.21. The molecule has 0 atom stereocenters. The molecule has 2 heterocycles. The number of nitrogen functional groups attached to an aromatic ring is 1. The highest BCUT2D eigenvalue weighted by atomic mass is 35.5. The Bertz CT molecular complexity index is 829. The molecule has 0 unspecified atom stereocenters. The van der Waals surface area contributed by atoms with Gasteiger partial charge in [0, 0.05) is 12.3 Å². The molecule has 3 rings (SSSR count). The summed E-state index contributed by atoms with van der Waals surface area (Å²) in [5, 5.41) is 0.387. The number of nitrogens with zero attached hydrogens (tertiary/aromatic N) is 3. The van der Waals surface area contributed by atoms with Gasteiger partial charge in [0.25, 0.3) is 0 Å². The second-order valence-electron chi connectivity index (χ2n) is 4.35.